The van der Waals surface area contributed by atoms with Crippen molar-refractivity contribution in [3.63, 3.8) is 0 Å². The Morgan fingerprint density at radius 1 is 1.19 bits per heavy atom. The number of morpholine rings is 1. The summed E-state index contributed by atoms with van der Waals surface area (Å²) in [6.07, 6.45) is 0.943. The van der Waals surface area contributed by atoms with Gasteiger partial charge in [0, 0.05) is 59.1 Å². The van der Waals surface area contributed by atoms with Crippen molar-refractivity contribution in [2.24, 2.45) is 4.99 Å². The lowest BCUT2D eigenvalue weighted by Gasteiger charge is -2.26. The van der Waals surface area contributed by atoms with Gasteiger partial charge in [-0.3, -0.25) is 9.89 Å². The van der Waals surface area contributed by atoms with Crippen LogP contribution in [0.25, 0.3) is 0 Å². The molecule has 1 aliphatic rings. The second-order valence-corrected chi connectivity index (χ2v) is 6.11. The summed E-state index contributed by atoms with van der Waals surface area (Å²) in [6.45, 7) is 7.44. The molecule has 0 aliphatic carbocycles. The number of halogens is 1. The Morgan fingerprint density at radius 3 is 2.70 bits per heavy atom. The smallest absolute Gasteiger partial charge is 0.191 e. The van der Waals surface area contributed by atoms with Crippen molar-refractivity contribution in [3.8, 4) is 5.75 Å². The Balaban J connectivity index is 0.00000364. The molecule has 0 saturated carbocycles. The average molecular weight is 492 g/mol. The number of methoxy groups -OCH3 is 1. The molecule has 1 aromatic carbocycles. The molecular formula is C19H33IN4O3. The summed E-state index contributed by atoms with van der Waals surface area (Å²) in [5.41, 5.74) is 1.12. The topological polar surface area (TPSA) is 67.4 Å². The van der Waals surface area contributed by atoms with Crippen molar-refractivity contribution in [1.82, 2.24) is 15.5 Å². The molecule has 8 heteroatoms. The minimum Gasteiger partial charge on any atom is -0.492 e. The zero-order chi connectivity index (χ0) is 18.5. The summed E-state index contributed by atoms with van der Waals surface area (Å²) in [6, 6.07) is 8.13. The normalized spacial score (nSPS) is 15.1. The van der Waals surface area contributed by atoms with E-state index in [0.717, 1.165) is 69.7 Å². The Morgan fingerprint density at radius 2 is 1.96 bits per heavy atom. The van der Waals surface area contributed by atoms with Gasteiger partial charge in [0.25, 0.3) is 0 Å². The Kier molecular flexibility index (Phi) is 13.2. The van der Waals surface area contributed by atoms with Gasteiger partial charge >= 0.3 is 0 Å². The van der Waals surface area contributed by atoms with Crippen LogP contribution >= 0.6 is 24.0 Å². The third kappa shape index (κ3) is 9.59. The summed E-state index contributed by atoms with van der Waals surface area (Å²) < 4.78 is 16.5. The van der Waals surface area contributed by atoms with E-state index in [0.29, 0.717) is 13.2 Å². The molecular weight excluding hydrogens is 459 g/mol. The molecule has 27 heavy (non-hydrogen) atoms. The molecule has 1 aromatic rings. The number of ether oxygens (including phenoxy) is 3. The van der Waals surface area contributed by atoms with Crippen LogP contribution in [0.4, 0.5) is 0 Å². The van der Waals surface area contributed by atoms with Crippen molar-refractivity contribution >= 4 is 29.9 Å². The minimum atomic E-state index is 0. The summed E-state index contributed by atoms with van der Waals surface area (Å²) >= 11 is 0. The zero-order valence-electron chi connectivity index (χ0n) is 16.4. The van der Waals surface area contributed by atoms with Crippen molar-refractivity contribution in [1.29, 1.82) is 0 Å². The van der Waals surface area contributed by atoms with Crippen LogP contribution in [0, 0.1) is 0 Å². The van der Waals surface area contributed by atoms with Gasteiger partial charge in [0.15, 0.2) is 5.96 Å². The van der Waals surface area contributed by atoms with Gasteiger partial charge in [-0.05, 0) is 12.5 Å². The van der Waals surface area contributed by atoms with Gasteiger partial charge in [0.1, 0.15) is 12.4 Å². The fourth-order valence-corrected chi connectivity index (χ4v) is 2.72. The van der Waals surface area contributed by atoms with Gasteiger partial charge in [0.05, 0.1) is 13.2 Å². The van der Waals surface area contributed by atoms with E-state index in [1.165, 1.54) is 0 Å². The van der Waals surface area contributed by atoms with Crippen LogP contribution in [0.2, 0.25) is 0 Å². The molecule has 0 amide bonds. The van der Waals surface area contributed by atoms with E-state index in [4.69, 9.17) is 14.2 Å². The zero-order valence-corrected chi connectivity index (χ0v) is 18.7. The van der Waals surface area contributed by atoms with Crippen LogP contribution < -0.4 is 15.4 Å². The number of hydrogen-bond donors (Lipinski definition) is 2. The first-order valence-electron chi connectivity index (χ1n) is 9.27. The molecule has 1 aliphatic heterocycles. The van der Waals surface area contributed by atoms with Crippen LogP contribution in [-0.2, 0) is 16.0 Å². The molecule has 0 unspecified atom stereocenters. The van der Waals surface area contributed by atoms with E-state index in [9.17, 15) is 0 Å². The molecule has 0 aromatic heterocycles. The van der Waals surface area contributed by atoms with E-state index in [1.54, 1.807) is 14.2 Å². The SMILES string of the molecule is CN=C(NCCCOC)NCc1ccccc1OCCN1CCOCC1.I. The van der Waals surface area contributed by atoms with Gasteiger partial charge in [-0.1, -0.05) is 18.2 Å². The maximum atomic E-state index is 6.02. The molecule has 1 heterocycles. The predicted molar refractivity (Wildman–Crippen MR) is 119 cm³/mol. The van der Waals surface area contributed by atoms with Crippen molar-refractivity contribution in [2.75, 3.05) is 66.8 Å². The van der Waals surface area contributed by atoms with Gasteiger partial charge in [-0.25, -0.2) is 0 Å². The molecule has 154 valence electrons. The van der Waals surface area contributed by atoms with Crippen LogP contribution in [0.1, 0.15) is 12.0 Å². The minimum absolute atomic E-state index is 0. The number of aliphatic imine (C=N–C) groups is 1. The highest BCUT2D eigenvalue weighted by molar-refractivity contribution is 14.0. The number of guanidine groups is 1. The standard InChI is InChI=1S/C19H32N4O3.HI/c1-20-19(21-8-5-12-24-2)22-16-17-6-3-4-7-18(17)26-15-11-23-9-13-25-14-10-23;/h3-4,6-7H,5,8-16H2,1-2H3,(H2,20,21,22);1H. The quantitative estimate of drug-likeness (QED) is 0.225. The molecule has 0 atom stereocenters. The molecule has 7 nitrogen and oxygen atoms in total. The van der Waals surface area contributed by atoms with Crippen molar-refractivity contribution < 1.29 is 14.2 Å². The van der Waals surface area contributed by atoms with Crippen LogP contribution in [0.15, 0.2) is 29.3 Å². The highest BCUT2D eigenvalue weighted by Crippen LogP contribution is 2.17. The largest absolute Gasteiger partial charge is 0.492 e. The third-order valence-corrected chi connectivity index (χ3v) is 4.23. The summed E-state index contributed by atoms with van der Waals surface area (Å²) in [5.74, 6) is 1.70. The molecule has 0 bridgehead atoms. The lowest BCUT2D eigenvalue weighted by Crippen LogP contribution is -2.39. The van der Waals surface area contributed by atoms with E-state index in [-0.39, 0.29) is 24.0 Å². The number of rotatable bonds is 10. The van der Waals surface area contributed by atoms with E-state index >= 15 is 0 Å². The maximum absolute atomic E-state index is 6.02. The van der Waals surface area contributed by atoms with Crippen molar-refractivity contribution in [3.05, 3.63) is 29.8 Å². The summed E-state index contributed by atoms with van der Waals surface area (Å²) in [5, 5.41) is 6.61. The Hall–Kier alpha value is -1.10. The van der Waals surface area contributed by atoms with Crippen LogP contribution in [-0.4, -0.2) is 77.6 Å². The highest BCUT2D eigenvalue weighted by Gasteiger charge is 2.10. The molecule has 0 radical (unpaired) electrons. The predicted octanol–water partition coefficient (Wildman–Crippen LogP) is 1.72. The number of para-hydroxylation sites is 1. The summed E-state index contributed by atoms with van der Waals surface area (Å²) in [7, 11) is 3.49. The third-order valence-electron chi connectivity index (χ3n) is 4.23. The second-order valence-electron chi connectivity index (χ2n) is 6.11. The van der Waals surface area contributed by atoms with E-state index < -0.39 is 0 Å². The Labute approximate surface area is 179 Å². The number of nitrogens with zero attached hydrogens (tertiary/aromatic N) is 2. The number of benzene rings is 1. The van der Waals surface area contributed by atoms with E-state index in [1.807, 2.05) is 18.2 Å². The van der Waals surface area contributed by atoms with E-state index in [2.05, 4.69) is 26.6 Å². The average Bonchev–Trinajstić information content (AvgIpc) is 2.69. The van der Waals surface area contributed by atoms with Gasteiger partial charge in [-0.2, -0.15) is 0 Å². The summed E-state index contributed by atoms with van der Waals surface area (Å²) in [4.78, 5) is 6.62. The first kappa shape index (κ1) is 23.9. The highest BCUT2D eigenvalue weighted by atomic mass is 127. The van der Waals surface area contributed by atoms with Gasteiger partial charge < -0.3 is 24.8 Å². The first-order valence-corrected chi connectivity index (χ1v) is 9.27. The molecule has 1 fully saturated rings. The van der Waals surface area contributed by atoms with Gasteiger partial charge in [-0.15, -0.1) is 24.0 Å². The monoisotopic (exact) mass is 492 g/mol. The molecule has 2 rings (SSSR count). The van der Waals surface area contributed by atoms with Gasteiger partial charge in [0.2, 0.25) is 0 Å². The van der Waals surface area contributed by atoms with Crippen LogP contribution in [0.3, 0.4) is 0 Å². The van der Waals surface area contributed by atoms with Crippen molar-refractivity contribution in [2.45, 2.75) is 13.0 Å². The number of hydrogen-bond acceptors (Lipinski definition) is 5. The number of nitrogens with one attached hydrogen (secondary N) is 2. The molecule has 2 N–H and O–H groups in total. The second kappa shape index (κ2) is 14.9. The van der Waals surface area contributed by atoms with Crippen LogP contribution in [0.5, 0.6) is 5.75 Å². The lowest BCUT2D eigenvalue weighted by atomic mass is 10.2. The maximum Gasteiger partial charge on any atom is 0.191 e. The Bertz CT molecular complexity index is 539. The molecule has 0 spiro atoms. The first-order chi connectivity index (χ1) is 12.8. The molecule has 1 saturated heterocycles. The fraction of sp³-hybridized carbons (Fsp3) is 0.632. The fourth-order valence-electron chi connectivity index (χ4n) is 2.72. The lowest BCUT2D eigenvalue weighted by molar-refractivity contribution is 0.0322.